The van der Waals surface area contributed by atoms with Gasteiger partial charge in [0.1, 0.15) is 5.25 Å². The van der Waals surface area contributed by atoms with Crippen molar-refractivity contribution in [3.05, 3.63) is 34.3 Å². The van der Waals surface area contributed by atoms with Crippen LogP contribution in [0.25, 0.3) is 0 Å². The topological polar surface area (TPSA) is 101 Å². The van der Waals surface area contributed by atoms with Crippen LogP contribution in [-0.4, -0.2) is 36.9 Å². The molecule has 0 fully saturated rings. The molecule has 0 aliphatic carbocycles. The monoisotopic (exact) mass is 363 g/mol. The van der Waals surface area contributed by atoms with Crippen LogP contribution < -0.4 is 5.32 Å². The number of amides is 1. The summed E-state index contributed by atoms with van der Waals surface area (Å²) in [4.78, 5) is 23.0. The van der Waals surface area contributed by atoms with Crippen molar-refractivity contribution in [2.45, 2.75) is 18.2 Å². The summed E-state index contributed by atoms with van der Waals surface area (Å²) in [6.45, 7) is 1.21. The molecule has 6 nitrogen and oxygen atoms in total. The second kappa shape index (κ2) is 6.36. The van der Waals surface area contributed by atoms with E-state index >= 15 is 0 Å². The SMILES string of the molecule is CC(C(=O)NC(C(=O)O)c1ccc(Br)cc1)S(C)(=O)=O. The molecule has 110 valence electrons. The van der Waals surface area contributed by atoms with E-state index in [1.165, 1.54) is 19.1 Å². The minimum atomic E-state index is -3.57. The predicted molar refractivity (Wildman–Crippen MR) is 77.0 cm³/mol. The Balaban J connectivity index is 2.97. The number of carboxylic acid groups (broad SMARTS) is 1. The van der Waals surface area contributed by atoms with Crippen LogP contribution in [0.3, 0.4) is 0 Å². The van der Waals surface area contributed by atoms with E-state index in [2.05, 4.69) is 21.2 Å². The van der Waals surface area contributed by atoms with E-state index in [1.54, 1.807) is 12.1 Å². The number of carbonyl (C=O) groups is 2. The lowest BCUT2D eigenvalue weighted by Crippen LogP contribution is -2.42. The lowest BCUT2D eigenvalue weighted by atomic mass is 10.1. The minimum absolute atomic E-state index is 0.356. The first-order chi connectivity index (χ1) is 9.12. The summed E-state index contributed by atoms with van der Waals surface area (Å²) < 4.78 is 23.3. The van der Waals surface area contributed by atoms with Gasteiger partial charge in [0.05, 0.1) is 0 Å². The zero-order valence-electron chi connectivity index (χ0n) is 10.8. The lowest BCUT2D eigenvalue weighted by molar-refractivity contribution is -0.141. The fourth-order valence-electron chi connectivity index (χ4n) is 1.40. The zero-order valence-corrected chi connectivity index (χ0v) is 13.2. The summed E-state index contributed by atoms with van der Waals surface area (Å²) in [5.74, 6) is -2.11. The summed E-state index contributed by atoms with van der Waals surface area (Å²) in [5, 5.41) is 10.1. The van der Waals surface area contributed by atoms with Gasteiger partial charge in [-0.3, -0.25) is 4.79 Å². The third-order valence-corrected chi connectivity index (χ3v) is 4.78. The smallest absolute Gasteiger partial charge is 0.330 e. The largest absolute Gasteiger partial charge is 0.479 e. The molecule has 0 radical (unpaired) electrons. The third kappa shape index (κ3) is 4.31. The molecular weight excluding hydrogens is 350 g/mol. The van der Waals surface area contributed by atoms with Crippen LogP contribution in [0.15, 0.2) is 28.7 Å². The van der Waals surface area contributed by atoms with Gasteiger partial charge in [0.25, 0.3) is 0 Å². The van der Waals surface area contributed by atoms with E-state index < -0.39 is 33.0 Å². The molecule has 0 saturated carbocycles. The van der Waals surface area contributed by atoms with E-state index in [9.17, 15) is 18.0 Å². The van der Waals surface area contributed by atoms with Crippen molar-refractivity contribution >= 4 is 37.6 Å². The van der Waals surface area contributed by atoms with Gasteiger partial charge >= 0.3 is 5.97 Å². The molecule has 1 rings (SSSR count). The number of sulfone groups is 1. The van der Waals surface area contributed by atoms with Gasteiger partial charge in [-0.15, -0.1) is 0 Å². The maximum Gasteiger partial charge on any atom is 0.330 e. The van der Waals surface area contributed by atoms with Crippen LogP contribution in [0.1, 0.15) is 18.5 Å². The van der Waals surface area contributed by atoms with Crippen molar-refractivity contribution in [3.8, 4) is 0 Å². The summed E-state index contributed by atoms with van der Waals surface area (Å²) >= 11 is 3.22. The van der Waals surface area contributed by atoms with Crippen LogP contribution in [0.5, 0.6) is 0 Å². The second-order valence-corrected chi connectivity index (χ2v) is 7.58. The Kier molecular flexibility index (Phi) is 5.29. The van der Waals surface area contributed by atoms with Gasteiger partial charge in [0, 0.05) is 10.7 Å². The highest BCUT2D eigenvalue weighted by molar-refractivity contribution is 9.10. The Hall–Kier alpha value is -1.41. The number of benzene rings is 1. The van der Waals surface area contributed by atoms with Gasteiger partial charge in [-0.05, 0) is 24.6 Å². The number of halogens is 1. The molecule has 2 atom stereocenters. The molecule has 1 aromatic rings. The molecule has 0 saturated heterocycles. The summed E-state index contributed by atoms with van der Waals surface area (Å²) in [6, 6.07) is 5.05. The number of hydrogen-bond donors (Lipinski definition) is 2. The van der Waals surface area contributed by atoms with Crippen molar-refractivity contribution < 1.29 is 23.1 Å². The number of hydrogen-bond acceptors (Lipinski definition) is 4. The highest BCUT2D eigenvalue weighted by Gasteiger charge is 2.29. The Morgan fingerprint density at radius 3 is 2.15 bits per heavy atom. The first kappa shape index (κ1) is 16.6. The Labute approximate surface area is 125 Å². The predicted octanol–water partition coefficient (Wildman–Crippen LogP) is 1.12. The standard InChI is InChI=1S/C12H14BrNO5S/c1-7(20(2,18)19)11(15)14-10(12(16)17)8-3-5-9(13)6-4-8/h3-7,10H,1-2H3,(H,14,15)(H,16,17). The molecule has 0 aromatic heterocycles. The van der Waals surface area contributed by atoms with E-state index in [4.69, 9.17) is 5.11 Å². The van der Waals surface area contributed by atoms with E-state index in [-0.39, 0.29) is 0 Å². The normalized spacial score (nSPS) is 14.3. The van der Waals surface area contributed by atoms with Crippen LogP contribution in [0.2, 0.25) is 0 Å². The lowest BCUT2D eigenvalue weighted by Gasteiger charge is -2.17. The summed E-state index contributed by atoms with van der Waals surface area (Å²) in [5.41, 5.74) is 0.356. The van der Waals surface area contributed by atoms with Crippen molar-refractivity contribution in [2.24, 2.45) is 0 Å². The average molecular weight is 364 g/mol. The fraction of sp³-hybridized carbons (Fsp3) is 0.333. The number of aliphatic carboxylic acids is 1. The molecule has 0 bridgehead atoms. The van der Waals surface area contributed by atoms with Gasteiger partial charge in [-0.1, -0.05) is 28.1 Å². The number of rotatable bonds is 5. The number of carboxylic acids is 1. The van der Waals surface area contributed by atoms with Gasteiger partial charge in [0.2, 0.25) is 5.91 Å². The van der Waals surface area contributed by atoms with E-state index in [0.29, 0.717) is 5.56 Å². The van der Waals surface area contributed by atoms with Crippen LogP contribution in [0, 0.1) is 0 Å². The number of carbonyl (C=O) groups excluding carboxylic acids is 1. The molecule has 20 heavy (non-hydrogen) atoms. The Bertz CT molecular complexity index is 611. The molecule has 0 aliphatic rings. The molecule has 0 heterocycles. The highest BCUT2D eigenvalue weighted by Crippen LogP contribution is 2.17. The van der Waals surface area contributed by atoms with Gasteiger partial charge in [-0.25, -0.2) is 13.2 Å². The minimum Gasteiger partial charge on any atom is -0.479 e. The van der Waals surface area contributed by atoms with Crippen molar-refractivity contribution in [2.75, 3.05) is 6.26 Å². The van der Waals surface area contributed by atoms with Gasteiger partial charge in [-0.2, -0.15) is 0 Å². The van der Waals surface area contributed by atoms with E-state index in [1.807, 2.05) is 0 Å². The van der Waals surface area contributed by atoms with Gasteiger partial charge < -0.3 is 10.4 Å². The Morgan fingerprint density at radius 2 is 1.75 bits per heavy atom. The molecular formula is C12H14BrNO5S. The molecule has 1 aromatic carbocycles. The molecule has 1 amide bonds. The van der Waals surface area contributed by atoms with Crippen molar-refractivity contribution in [3.63, 3.8) is 0 Å². The maximum absolute atomic E-state index is 11.8. The summed E-state index contributed by atoms with van der Waals surface area (Å²) in [6.07, 6.45) is 0.923. The average Bonchev–Trinajstić information content (AvgIpc) is 2.34. The third-order valence-electron chi connectivity index (χ3n) is 2.75. The summed E-state index contributed by atoms with van der Waals surface area (Å²) in [7, 11) is -3.57. The first-order valence-electron chi connectivity index (χ1n) is 5.60. The fourth-order valence-corrected chi connectivity index (χ4v) is 2.12. The first-order valence-corrected chi connectivity index (χ1v) is 8.35. The molecule has 0 spiro atoms. The molecule has 2 N–H and O–H groups in total. The Morgan fingerprint density at radius 1 is 1.25 bits per heavy atom. The molecule has 0 aliphatic heterocycles. The van der Waals surface area contributed by atoms with Crippen LogP contribution in [0.4, 0.5) is 0 Å². The number of nitrogens with one attached hydrogen (secondary N) is 1. The van der Waals surface area contributed by atoms with Gasteiger partial charge in [0.15, 0.2) is 15.9 Å². The maximum atomic E-state index is 11.8. The second-order valence-electron chi connectivity index (χ2n) is 4.30. The van der Waals surface area contributed by atoms with Crippen LogP contribution in [-0.2, 0) is 19.4 Å². The quantitative estimate of drug-likeness (QED) is 0.816. The van der Waals surface area contributed by atoms with Crippen molar-refractivity contribution in [1.29, 1.82) is 0 Å². The van der Waals surface area contributed by atoms with E-state index in [0.717, 1.165) is 10.7 Å². The highest BCUT2D eigenvalue weighted by atomic mass is 79.9. The molecule has 8 heteroatoms. The molecule has 2 unspecified atom stereocenters. The van der Waals surface area contributed by atoms with Crippen molar-refractivity contribution in [1.82, 2.24) is 5.32 Å². The zero-order chi connectivity index (χ0) is 15.5. The van der Waals surface area contributed by atoms with Crippen LogP contribution >= 0.6 is 15.9 Å².